The largest absolute Gasteiger partial charge is 0.491 e. The van der Waals surface area contributed by atoms with Gasteiger partial charge in [-0.2, -0.15) is 0 Å². The number of hydrogen-bond donors (Lipinski definition) is 1. The lowest BCUT2D eigenvalue weighted by Gasteiger charge is -2.07. The van der Waals surface area contributed by atoms with Crippen molar-refractivity contribution in [3.63, 3.8) is 0 Å². The van der Waals surface area contributed by atoms with E-state index in [4.69, 9.17) is 22.1 Å². The van der Waals surface area contributed by atoms with Crippen molar-refractivity contribution in [1.29, 1.82) is 0 Å². The predicted octanol–water partition coefficient (Wildman–Crippen LogP) is 2.67. The molecule has 0 unspecified atom stereocenters. The van der Waals surface area contributed by atoms with Crippen LogP contribution in [0.25, 0.3) is 0 Å². The zero-order valence-electron chi connectivity index (χ0n) is 7.50. The van der Waals surface area contributed by atoms with Gasteiger partial charge >= 0.3 is 0 Å². The Morgan fingerprint density at radius 2 is 2.00 bits per heavy atom. The second-order valence-corrected chi connectivity index (χ2v) is 3.16. The highest BCUT2D eigenvalue weighted by Gasteiger charge is 1.96. The Labute approximate surface area is 83.6 Å². The van der Waals surface area contributed by atoms with Crippen molar-refractivity contribution >= 4 is 17.3 Å². The van der Waals surface area contributed by atoms with Crippen LogP contribution in [-0.4, -0.2) is 12.5 Å². The molecule has 13 heavy (non-hydrogen) atoms. The molecule has 0 saturated heterocycles. The van der Waals surface area contributed by atoms with Crippen LogP contribution in [0, 0.1) is 0 Å². The highest BCUT2D eigenvalue weighted by Crippen LogP contribution is 2.19. The molecule has 0 atom stereocenters. The van der Waals surface area contributed by atoms with Gasteiger partial charge in [0.2, 0.25) is 0 Å². The first-order valence-electron chi connectivity index (χ1n) is 4.38. The molecule has 0 aliphatic heterocycles. The molecule has 0 saturated carbocycles. The van der Waals surface area contributed by atoms with Crippen molar-refractivity contribution in [3.8, 4) is 5.75 Å². The smallest absolute Gasteiger partial charge is 0.142 e. The highest BCUT2D eigenvalue weighted by molar-refractivity contribution is 6.17. The predicted molar refractivity (Wildman–Crippen MR) is 56.3 cm³/mol. The molecule has 2 nitrogen and oxygen atoms in total. The molecule has 0 aliphatic carbocycles. The van der Waals surface area contributed by atoms with Crippen LogP contribution < -0.4 is 10.5 Å². The molecule has 1 rings (SSSR count). The van der Waals surface area contributed by atoms with Gasteiger partial charge in [0.05, 0.1) is 12.3 Å². The summed E-state index contributed by atoms with van der Waals surface area (Å²) in [4.78, 5) is 0. The molecule has 2 N–H and O–H groups in total. The molecule has 0 spiro atoms. The van der Waals surface area contributed by atoms with Gasteiger partial charge in [0, 0.05) is 5.88 Å². The second-order valence-electron chi connectivity index (χ2n) is 2.78. The minimum atomic E-state index is 0.681. The zero-order chi connectivity index (χ0) is 9.52. The van der Waals surface area contributed by atoms with Crippen molar-refractivity contribution in [1.82, 2.24) is 0 Å². The van der Waals surface area contributed by atoms with E-state index in [-0.39, 0.29) is 0 Å². The first-order chi connectivity index (χ1) is 6.34. The standard InChI is InChI=1S/C10H14ClNO/c11-7-3-4-8-13-10-6-2-1-5-9(10)12/h1-2,5-6H,3-4,7-8,12H2. The van der Waals surface area contributed by atoms with Crippen molar-refractivity contribution in [2.45, 2.75) is 12.8 Å². The summed E-state index contributed by atoms with van der Waals surface area (Å²) in [7, 11) is 0. The monoisotopic (exact) mass is 199 g/mol. The first-order valence-corrected chi connectivity index (χ1v) is 4.91. The summed E-state index contributed by atoms with van der Waals surface area (Å²) in [6.07, 6.45) is 1.95. The average molecular weight is 200 g/mol. The minimum Gasteiger partial charge on any atom is -0.491 e. The maximum Gasteiger partial charge on any atom is 0.142 e. The molecule has 1 aromatic rings. The first kappa shape index (κ1) is 10.2. The molecule has 0 heterocycles. The fourth-order valence-electron chi connectivity index (χ4n) is 0.991. The quantitative estimate of drug-likeness (QED) is 0.450. The molecule has 0 fully saturated rings. The third-order valence-electron chi connectivity index (χ3n) is 1.70. The number of alkyl halides is 1. The van der Waals surface area contributed by atoms with Gasteiger partial charge in [-0.15, -0.1) is 11.6 Å². The summed E-state index contributed by atoms with van der Waals surface area (Å²) in [5, 5.41) is 0. The van der Waals surface area contributed by atoms with E-state index in [1.54, 1.807) is 0 Å². The highest BCUT2D eigenvalue weighted by atomic mass is 35.5. The maximum absolute atomic E-state index is 5.68. The van der Waals surface area contributed by atoms with Gasteiger partial charge in [-0.05, 0) is 25.0 Å². The molecule has 0 aromatic heterocycles. The molecule has 0 radical (unpaired) electrons. The van der Waals surface area contributed by atoms with E-state index in [2.05, 4.69) is 0 Å². The van der Waals surface area contributed by atoms with Crippen molar-refractivity contribution in [2.75, 3.05) is 18.2 Å². The Morgan fingerprint density at radius 1 is 1.23 bits per heavy atom. The Kier molecular flexibility index (Phi) is 4.47. The number of ether oxygens (including phenoxy) is 1. The van der Waals surface area contributed by atoms with Crippen molar-refractivity contribution < 1.29 is 4.74 Å². The van der Waals surface area contributed by atoms with Gasteiger partial charge in [0.15, 0.2) is 0 Å². The summed E-state index contributed by atoms with van der Waals surface area (Å²) in [5.74, 6) is 1.45. The number of benzene rings is 1. The molecule has 72 valence electrons. The molecular weight excluding hydrogens is 186 g/mol. The van der Waals surface area contributed by atoms with Gasteiger partial charge in [0.25, 0.3) is 0 Å². The van der Waals surface area contributed by atoms with E-state index in [9.17, 15) is 0 Å². The zero-order valence-corrected chi connectivity index (χ0v) is 8.26. The van der Waals surface area contributed by atoms with E-state index >= 15 is 0 Å². The van der Waals surface area contributed by atoms with E-state index in [0.717, 1.165) is 18.6 Å². The number of nitrogens with two attached hydrogens (primary N) is 1. The van der Waals surface area contributed by atoms with Crippen LogP contribution in [0.2, 0.25) is 0 Å². The fourth-order valence-corrected chi connectivity index (χ4v) is 1.18. The molecular formula is C10H14ClNO. The number of para-hydroxylation sites is 2. The van der Waals surface area contributed by atoms with Crippen LogP contribution in [0.15, 0.2) is 24.3 Å². The average Bonchev–Trinajstić information content (AvgIpc) is 2.15. The third-order valence-corrected chi connectivity index (χ3v) is 1.97. The summed E-state index contributed by atoms with van der Waals surface area (Å²) < 4.78 is 5.46. The van der Waals surface area contributed by atoms with E-state index in [1.165, 1.54) is 0 Å². The van der Waals surface area contributed by atoms with Crippen LogP contribution in [0.5, 0.6) is 5.75 Å². The Hall–Kier alpha value is -0.890. The SMILES string of the molecule is Nc1ccccc1OCCCCCl. The second kappa shape index (κ2) is 5.70. The van der Waals surface area contributed by atoms with Crippen LogP contribution in [0.4, 0.5) is 5.69 Å². The lowest BCUT2D eigenvalue weighted by Crippen LogP contribution is -2.00. The molecule has 0 aliphatic rings. The summed E-state index contributed by atoms with van der Waals surface area (Å²) >= 11 is 5.53. The van der Waals surface area contributed by atoms with Gasteiger partial charge in [-0.25, -0.2) is 0 Å². The van der Waals surface area contributed by atoms with Crippen molar-refractivity contribution in [3.05, 3.63) is 24.3 Å². The van der Waals surface area contributed by atoms with Crippen LogP contribution >= 0.6 is 11.6 Å². The summed E-state index contributed by atoms with van der Waals surface area (Å²) in [5.41, 5.74) is 6.37. The number of halogens is 1. The lowest BCUT2D eigenvalue weighted by atomic mass is 10.3. The number of rotatable bonds is 5. The van der Waals surface area contributed by atoms with E-state index < -0.39 is 0 Å². The summed E-state index contributed by atoms with van der Waals surface area (Å²) in [6.45, 7) is 0.681. The van der Waals surface area contributed by atoms with Crippen molar-refractivity contribution in [2.24, 2.45) is 0 Å². The Bertz CT molecular complexity index is 252. The third kappa shape index (κ3) is 3.55. The topological polar surface area (TPSA) is 35.2 Å². The fraction of sp³-hybridized carbons (Fsp3) is 0.400. The Morgan fingerprint density at radius 3 is 2.69 bits per heavy atom. The van der Waals surface area contributed by atoms with Gasteiger partial charge in [0.1, 0.15) is 5.75 Å². The molecule has 0 amide bonds. The number of anilines is 1. The normalized spacial score (nSPS) is 9.92. The maximum atomic E-state index is 5.68. The van der Waals surface area contributed by atoms with E-state index in [1.807, 2.05) is 24.3 Å². The summed E-state index contributed by atoms with van der Waals surface area (Å²) in [6, 6.07) is 7.50. The minimum absolute atomic E-state index is 0.681. The molecule has 1 aromatic carbocycles. The number of nitrogen functional groups attached to an aromatic ring is 1. The van der Waals surface area contributed by atoms with Gasteiger partial charge < -0.3 is 10.5 Å². The lowest BCUT2D eigenvalue weighted by molar-refractivity contribution is 0.311. The van der Waals surface area contributed by atoms with Crippen LogP contribution in [0.1, 0.15) is 12.8 Å². The van der Waals surface area contributed by atoms with E-state index in [0.29, 0.717) is 18.2 Å². The molecule has 3 heteroatoms. The number of unbranched alkanes of at least 4 members (excludes halogenated alkanes) is 1. The van der Waals surface area contributed by atoms with Crippen LogP contribution in [0.3, 0.4) is 0 Å². The van der Waals surface area contributed by atoms with Gasteiger partial charge in [-0.1, -0.05) is 12.1 Å². The van der Waals surface area contributed by atoms with Gasteiger partial charge in [-0.3, -0.25) is 0 Å². The molecule has 0 bridgehead atoms. The number of hydrogen-bond acceptors (Lipinski definition) is 2. The Balaban J connectivity index is 2.32. The van der Waals surface area contributed by atoms with Crippen LogP contribution in [-0.2, 0) is 0 Å².